The summed E-state index contributed by atoms with van der Waals surface area (Å²) in [6.07, 6.45) is -1.30. The number of benzene rings is 1. The molecule has 2 aromatic rings. The number of aryl methyl sites for hydroxylation is 1. The van der Waals surface area contributed by atoms with Gasteiger partial charge in [0.2, 0.25) is 0 Å². The highest BCUT2D eigenvalue weighted by Crippen LogP contribution is 2.19. The molecule has 0 unspecified atom stereocenters. The Kier molecular flexibility index (Phi) is 9.28. The van der Waals surface area contributed by atoms with E-state index in [2.05, 4.69) is 32.1 Å². The summed E-state index contributed by atoms with van der Waals surface area (Å²) in [5.74, 6) is 3.46. The summed E-state index contributed by atoms with van der Waals surface area (Å²) in [4.78, 5) is 4.57. The molecule has 1 heterocycles. The molecule has 1 aromatic heterocycles. The SMILES string of the molecule is CSCCCNC(=NCc1ccc(OCC(F)(F)F)cc1)NCc1nnc(C)n1C. The number of nitrogens with zero attached hydrogens (tertiary/aromatic N) is 4. The van der Waals surface area contributed by atoms with Gasteiger partial charge in [0.15, 0.2) is 18.4 Å². The maximum atomic E-state index is 12.2. The molecule has 7 nitrogen and oxygen atoms in total. The van der Waals surface area contributed by atoms with Crippen molar-refractivity contribution in [2.75, 3.05) is 25.2 Å². The molecule has 0 aliphatic carbocycles. The van der Waals surface area contributed by atoms with Crippen molar-refractivity contribution in [2.24, 2.45) is 12.0 Å². The van der Waals surface area contributed by atoms with Crippen LogP contribution in [0.15, 0.2) is 29.3 Å². The van der Waals surface area contributed by atoms with E-state index in [1.165, 1.54) is 12.1 Å². The van der Waals surface area contributed by atoms with Gasteiger partial charge in [-0.3, -0.25) is 0 Å². The van der Waals surface area contributed by atoms with E-state index in [1.54, 1.807) is 23.9 Å². The lowest BCUT2D eigenvalue weighted by Gasteiger charge is -2.13. The van der Waals surface area contributed by atoms with Crippen molar-refractivity contribution in [1.82, 2.24) is 25.4 Å². The molecule has 30 heavy (non-hydrogen) atoms. The van der Waals surface area contributed by atoms with Gasteiger partial charge in [0.05, 0.1) is 13.1 Å². The Hall–Kier alpha value is -2.43. The summed E-state index contributed by atoms with van der Waals surface area (Å²) in [7, 11) is 1.90. The van der Waals surface area contributed by atoms with Crippen LogP contribution in [0.4, 0.5) is 13.2 Å². The lowest BCUT2D eigenvalue weighted by molar-refractivity contribution is -0.153. The molecular weight excluding hydrogens is 417 g/mol. The van der Waals surface area contributed by atoms with Gasteiger partial charge in [-0.05, 0) is 43.0 Å². The van der Waals surface area contributed by atoms with E-state index in [0.717, 1.165) is 35.9 Å². The van der Waals surface area contributed by atoms with E-state index in [9.17, 15) is 13.2 Å². The zero-order chi connectivity index (χ0) is 22.0. The van der Waals surface area contributed by atoms with Crippen LogP contribution < -0.4 is 15.4 Å². The van der Waals surface area contributed by atoms with Crippen molar-refractivity contribution < 1.29 is 17.9 Å². The Labute approximate surface area is 178 Å². The fourth-order valence-corrected chi connectivity index (χ4v) is 2.82. The van der Waals surface area contributed by atoms with Crippen LogP contribution in [0.3, 0.4) is 0 Å². The summed E-state index contributed by atoms with van der Waals surface area (Å²) in [6, 6.07) is 6.43. The van der Waals surface area contributed by atoms with Crippen LogP contribution in [0.5, 0.6) is 5.75 Å². The molecule has 0 bridgehead atoms. The van der Waals surface area contributed by atoms with Gasteiger partial charge in [0.25, 0.3) is 0 Å². The Balaban J connectivity index is 1.95. The number of guanidine groups is 1. The maximum absolute atomic E-state index is 12.2. The van der Waals surface area contributed by atoms with E-state index in [0.29, 0.717) is 19.0 Å². The van der Waals surface area contributed by atoms with Gasteiger partial charge >= 0.3 is 6.18 Å². The minimum Gasteiger partial charge on any atom is -0.484 e. The fourth-order valence-electron chi connectivity index (χ4n) is 2.39. The van der Waals surface area contributed by atoms with Gasteiger partial charge < -0.3 is 19.9 Å². The van der Waals surface area contributed by atoms with Crippen molar-refractivity contribution in [3.8, 4) is 5.75 Å². The average molecular weight is 445 g/mol. The molecular formula is C19H27F3N6OS. The first-order valence-electron chi connectivity index (χ1n) is 9.43. The predicted octanol–water partition coefficient (Wildman–Crippen LogP) is 3.05. The highest BCUT2D eigenvalue weighted by molar-refractivity contribution is 7.98. The lowest BCUT2D eigenvalue weighted by atomic mass is 10.2. The highest BCUT2D eigenvalue weighted by Gasteiger charge is 2.28. The molecule has 0 saturated carbocycles. The summed E-state index contributed by atoms with van der Waals surface area (Å²) < 4.78 is 43.3. The Morgan fingerprint density at radius 1 is 1.20 bits per heavy atom. The topological polar surface area (TPSA) is 76.4 Å². The summed E-state index contributed by atoms with van der Waals surface area (Å²) in [6.45, 7) is 2.19. The molecule has 0 amide bonds. The molecule has 0 saturated heterocycles. The van der Waals surface area contributed by atoms with Crippen LogP contribution in [0.25, 0.3) is 0 Å². The quantitative estimate of drug-likeness (QED) is 0.333. The first-order chi connectivity index (χ1) is 14.3. The monoisotopic (exact) mass is 444 g/mol. The normalized spacial score (nSPS) is 12.1. The molecule has 0 atom stereocenters. The Morgan fingerprint density at radius 2 is 1.93 bits per heavy atom. The van der Waals surface area contributed by atoms with Crippen molar-refractivity contribution >= 4 is 17.7 Å². The number of thioether (sulfide) groups is 1. The van der Waals surface area contributed by atoms with Crippen LogP contribution >= 0.6 is 11.8 Å². The Morgan fingerprint density at radius 3 is 2.53 bits per heavy atom. The summed E-state index contributed by atoms with van der Waals surface area (Å²) in [5, 5.41) is 14.7. The predicted molar refractivity (Wildman–Crippen MR) is 113 cm³/mol. The van der Waals surface area contributed by atoms with Crippen LogP contribution in [-0.4, -0.2) is 52.1 Å². The molecule has 1 aromatic carbocycles. The third-order valence-electron chi connectivity index (χ3n) is 4.16. The molecule has 0 spiro atoms. The van der Waals surface area contributed by atoms with Crippen LogP contribution in [0.1, 0.15) is 23.6 Å². The number of alkyl halides is 3. The number of hydrogen-bond donors (Lipinski definition) is 2. The van der Waals surface area contributed by atoms with Gasteiger partial charge in [-0.2, -0.15) is 24.9 Å². The molecule has 166 valence electrons. The molecule has 11 heteroatoms. The zero-order valence-electron chi connectivity index (χ0n) is 17.3. The second-order valence-corrected chi connectivity index (χ2v) is 7.55. The summed E-state index contributed by atoms with van der Waals surface area (Å²) in [5.41, 5.74) is 0.856. The van der Waals surface area contributed by atoms with E-state index in [-0.39, 0.29) is 5.75 Å². The third kappa shape index (κ3) is 8.52. The fraction of sp³-hybridized carbons (Fsp3) is 0.526. The summed E-state index contributed by atoms with van der Waals surface area (Å²) >= 11 is 1.78. The van der Waals surface area contributed by atoms with Gasteiger partial charge in [-0.1, -0.05) is 12.1 Å². The zero-order valence-corrected chi connectivity index (χ0v) is 18.1. The van der Waals surface area contributed by atoms with Crippen LogP contribution in [0, 0.1) is 6.92 Å². The van der Waals surface area contributed by atoms with E-state index < -0.39 is 12.8 Å². The maximum Gasteiger partial charge on any atom is 0.422 e. The number of halogens is 3. The Bertz CT molecular complexity index is 808. The standard InChI is InChI=1S/C19H27F3N6OS/c1-14-26-27-17(28(14)2)12-25-18(23-9-4-10-30-3)24-11-15-5-7-16(8-6-15)29-13-19(20,21)22/h5-8H,4,9-13H2,1-3H3,(H2,23,24,25). The van der Waals surface area contributed by atoms with Crippen molar-refractivity contribution in [3.05, 3.63) is 41.5 Å². The number of ether oxygens (including phenoxy) is 1. The largest absolute Gasteiger partial charge is 0.484 e. The number of aromatic nitrogens is 3. The molecule has 0 radical (unpaired) electrons. The van der Waals surface area contributed by atoms with Crippen molar-refractivity contribution in [1.29, 1.82) is 0 Å². The molecule has 0 aliphatic heterocycles. The number of nitrogens with one attached hydrogen (secondary N) is 2. The second kappa shape index (κ2) is 11.7. The number of aliphatic imine (C=N–C) groups is 1. The lowest BCUT2D eigenvalue weighted by Crippen LogP contribution is -2.38. The van der Waals surface area contributed by atoms with Crippen molar-refractivity contribution in [3.63, 3.8) is 0 Å². The van der Waals surface area contributed by atoms with Gasteiger partial charge in [0, 0.05) is 13.6 Å². The van der Waals surface area contributed by atoms with Crippen LogP contribution in [-0.2, 0) is 20.1 Å². The third-order valence-corrected chi connectivity index (χ3v) is 4.86. The van der Waals surface area contributed by atoms with E-state index >= 15 is 0 Å². The number of hydrogen-bond acceptors (Lipinski definition) is 5. The van der Waals surface area contributed by atoms with E-state index in [1.807, 2.05) is 18.5 Å². The molecule has 2 N–H and O–H groups in total. The molecule has 2 rings (SSSR count). The van der Waals surface area contributed by atoms with Gasteiger partial charge in [0.1, 0.15) is 11.6 Å². The van der Waals surface area contributed by atoms with Gasteiger partial charge in [-0.25, -0.2) is 4.99 Å². The first-order valence-corrected chi connectivity index (χ1v) is 10.8. The first kappa shape index (κ1) is 23.8. The minimum absolute atomic E-state index is 0.172. The average Bonchev–Trinajstić information content (AvgIpc) is 3.03. The second-order valence-electron chi connectivity index (χ2n) is 6.56. The molecule has 0 aliphatic rings. The smallest absolute Gasteiger partial charge is 0.422 e. The highest BCUT2D eigenvalue weighted by atomic mass is 32.2. The number of rotatable bonds is 10. The van der Waals surface area contributed by atoms with Crippen LogP contribution in [0.2, 0.25) is 0 Å². The van der Waals surface area contributed by atoms with Gasteiger partial charge in [-0.15, -0.1) is 10.2 Å². The van der Waals surface area contributed by atoms with Crippen molar-refractivity contribution in [2.45, 2.75) is 32.6 Å². The van der Waals surface area contributed by atoms with E-state index in [4.69, 9.17) is 4.74 Å². The molecule has 0 fully saturated rings. The minimum atomic E-state index is -4.35.